The molecule has 156 valence electrons. The van der Waals surface area contributed by atoms with Gasteiger partial charge < -0.3 is 34.5 Å². The number of rotatable bonds is 11. The molecule has 0 radical (unpaired) electrons. The molecule has 0 unspecified atom stereocenters. The molecule has 0 bridgehead atoms. The van der Waals surface area contributed by atoms with Crippen LogP contribution in [0, 0.1) is 11.8 Å². The molecule has 0 rings (SSSR count). The van der Waals surface area contributed by atoms with Crippen LogP contribution in [0.15, 0.2) is 0 Å². The highest BCUT2D eigenvalue weighted by molar-refractivity contribution is 8.13. The lowest BCUT2D eigenvalue weighted by molar-refractivity contribution is -0.168. The number of hydrogen-bond donors (Lipinski definition) is 3. The minimum absolute atomic E-state index is 0.192. The average Bonchev–Trinajstić information content (AvgIpc) is 2.57. The Morgan fingerprint density at radius 3 is 2.15 bits per heavy atom. The summed E-state index contributed by atoms with van der Waals surface area (Å²) >= 11 is 0.488. The number of ether oxygens (including phenoxy) is 4. The highest BCUT2D eigenvalue weighted by Crippen LogP contribution is 2.09. The number of carboxylic acid groups (broad SMARTS) is 1. The van der Waals surface area contributed by atoms with Gasteiger partial charge in [0.25, 0.3) is 0 Å². The van der Waals surface area contributed by atoms with E-state index in [9.17, 15) is 24.3 Å². The Bertz CT molecular complexity index is 511. The number of amides is 1. The fraction of sp³-hybridized carbons (Fsp3) is 0.733. The van der Waals surface area contributed by atoms with Crippen molar-refractivity contribution in [3.8, 4) is 0 Å². The van der Waals surface area contributed by atoms with E-state index in [2.05, 4.69) is 14.2 Å². The molecular weight excluding hydrogens is 386 g/mol. The second-order valence-electron chi connectivity index (χ2n) is 5.83. The van der Waals surface area contributed by atoms with Gasteiger partial charge >= 0.3 is 23.3 Å². The number of carbonyl (C=O) groups excluding carboxylic acids is 3. The first kappa shape index (κ1) is 24.9. The van der Waals surface area contributed by atoms with Crippen molar-refractivity contribution in [2.45, 2.75) is 40.0 Å². The molecule has 0 aromatic rings. The van der Waals surface area contributed by atoms with Crippen LogP contribution in [0.1, 0.15) is 27.7 Å². The van der Waals surface area contributed by atoms with Gasteiger partial charge in [0.15, 0.2) is 13.1 Å². The molecule has 0 aromatic carbocycles. The lowest BCUT2D eigenvalue weighted by Gasteiger charge is -2.16. The first-order valence-electron chi connectivity index (χ1n) is 7.96. The predicted molar refractivity (Wildman–Crippen MR) is 92.6 cm³/mol. The standard InChI is InChI=1S/C15H25NO10S/c1-8(2)12(19)23-6-25-14(21)16-10(11(17)18)5-27-15(22)26-7-24-13(20)9(3)4/h8-10,13,20H,5-7H2,1-4H3,(H,16,21)(H,17,18)/t10-,13+/m0/s1. The number of alkyl carbamates (subject to hydrolysis) is 1. The number of carboxylic acids is 1. The van der Waals surface area contributed by atoms with E-state index < -0.39 is 55.2 Å². The van der Waals surface area contributed by atoms with Crippen LogP contribution >= 0.6 is 11.8 Å². The topological polar surface area (TPSA) is 158 Å². The van der Waals surface area contributed by atoms with Crippen LogP contribution in [0.3, 0.4) is 0 Å². The largest absolute Gasteiger partial charge is 0.480 e. The van der Waals surface area contributed by atoms with Gasteiger partial charge in [-0.3, -0.25) is 4.79 Å². The highest BCUT2D eigenvalue weighted by Gasteiger charge is 2.23. The molecule has 1 amide bonds. The molecule has 0 saturated heterocycles. The zero-order valence-electron chi connectivity index (χ0n) is 15.5. The van der Waals surface area contributed by atoms with Gasteiger partial charge in [0.2, 0.25) is 6.79 Å². The van der Waals surface area contributed by atoms with Gasteiger partial charge in [-0.05, 0) is 11.8 Å². The maximum absolute atomic E-state index is 11.5. The molecule has 0 aliphatic carbocycles. The molecule has 0 aromatic heterocycles. The maximum atomic E-state index is 11.5. The summed E-state index contributed by atoms with van der Waals surface area (Å²) in [6.07, 6.45) is -2.23. The van der Waals surface area contributed by atoms with E-state index in [0.29, 0.717) is 11.8 Å². The van der Waals surface area contributed by atoms with Gasteiger partial charge in [-0.25, -0.2) is 14.4 Å². The van der Waals surface area contributed by atoms with Crippen molar-refractivity contribution >= 4 is 35.1 Å². The molecule has 27 heavy (non-hydrogen) atoms. The Labute approximate surface area is 160 Å². The second-order valence-corrected chi connectivity index (χ2v) is 6.78. The first-order chi connectivity index (χ1) is 12.5. The average molecular weight is 411 g/mol. The lowest BCUT2D eigenvalue weighted by Crippen LogP contribution is -2.43. The fourth-order valence-corrected chi connectivity index (χ4v) is 1.86. The summed E-state index contributed by atoms with van der Waals surface area (Å²) in [7, 11) is 0. The molecule has 0 saturated carbocycles. The van der Waals surface area contributed by atoms with E-state index in [1.165, 1.54) is 0 Å². The molecule has 0 aliphatic rings. The molecule has 0 spiro atoms. The number of esters is 1. The second kappa shape index (κ2) is 13.2. The zero-order chi connectivity index (χ0) is 21.0. The third-order valence-electron chi connectivity index (χ3n) is 2.81. The van der Waals surface area contributed by atoms with Gasteiger partial charge in [-0.2, -0.15) is 0 Å². The van der Waals surface area contributed by atoms with Crippen molar-refractivity contribution in [3.05, 3.63) is 0 Å². The quantitative estimate of drug-likeness (QED) is 0.331. The molecule has 12 heteroatoms. The van der Waals surface area contributed by atoms with Crippen molar-refractivity contribution in [2.24, 2.45) is 11.8 Å². The predicted octanol–water partition coefficient (Wildman–Crippen LogP) is 1.14. The fourth-order valence-electron chi connectivity index (χ4n) is 1.20. The van der Waals surface area contributed by atoms with E-state index >= 15 is 0 Å². The summed E-state index contributed by atoms with van der Waals surface area (Å²) in [5.41, 5.74) is 0. The molecule has 2 atom stereocenters. The van der Waals surface area contributed by atoms with Crippen molar-refractivity contribution < 1.29 is 48.3 Å². The number of thioether (sulfide) groups is 1. The van der Waals surface area contributed by atoms with Gasteiger partial charge in [0, 0.05) is 11.7 Å². The van der Waals surface area contributed by atoms with Crippen LogP contribution in [0.2, 0.25) is 0 Å². The van der Waals surface area contributed by atoms with E-state index in [1.807, 2.05) is 5.32 Å². The van der Waals surface area contributed by atoms with Gasteiger partial charge in [0.1, 0.15) is 6.04 Å². The Morgan fingerprint density at radius 2 is 1.63 bits per heavy atom. The molecular formula is C15H25NO10S. The van der Waals surface area contributed by atoms with E-state index in [0.717, 1.165) is 0 Å². The lowest BCUT2D eigenvalue weighted by atomic mass is 10.2. The molecule has 0 heterocycles. The Kier molecular flexibility index (Phi) is 12.2. The number of aliphatic hydroxyl groups is 1. The molecule has 3 N–H and O–H groups in total. The Balaban J connectivity index is 4.18. The van der Waals surface area contributed by atoms with Crippen molar-refractivity contribution in [2.75, 3.05) is 19.3 Å². The minimum Gasteiger partial charge on any atom is -0.480 e. The molecule has 0 fully saturated rings. The van der Waals surface area contributed by atoms with Crippen molar-refractivity contribution in [3.63, 3.8) is 0 Å². The van der Waals surface area contributed by atoms with Crippen molar-refractivity contribution in [1.29, 1.82) is 0 Å². The smallest absolute Gasteiger partial charge is 0.410 e. The van der Waals surface area contributed by atoms with Crippen LogP contribution in [-0.2, 0) is 28.5 Å². The summed E-state index contributed by atoms with van der Waals surface area (Å²) < 4.78 is 18.6. The van der Waals surface area contributed by atoms with Crippen LogP contribution in [0.25, 0.3) is 0 Å². The molecule has 11 nitrogen and oxygen atoms in total. The summed E-state index contributed by atoms with van der Waals surface area (Å²) in [4.78, 5) is 45.3. The maximum Gasteiger partial charge on any atom is 0.410 e. The summed E-state index contributed by atoms with van der Waals surface area (Å²) in [5, 5.41) is 19.6. The number of aliphatic hydroxyl groups excluding tert-OH is 1. The number of carbonyl (C=O) groups is 4. The minimum atomic E-state index is -1.45. The van der Waals surface area contributed by atoms with Crippen molar-refractivity contribution in [1.82, 2.24) is 5.32 Å². The zero-order valence-corrected chi connectivity index (χ0v) is 16.3. The van der Waals surface area contributed by atoms with E-state index in [-0.39, 0.29) is 11.7 Å². The Hall–Kier alpha value is -2.05. The first-order valence-corrected chi connectivity index (χ1v) is 8.95. The summed E-state index contributed by atoms with van der Waals surface area (Å²) in [6, 6.07) is -1.45. The van der Waals surface area contributed by atoms with E-state index in [1.54, 1.807) is 27.7 Å². The van der Waals surface area contributed by atoms with Crippen LogP contribution in [0.4, 0.5) is 9.59 Å². The summed E-state index contributed by atoms with van der Waals surface area (Å²) in [5.74, 6) is -2.93. The number of hydrogen-bond acceptors (Lipinski definition) is 10. The van der Waals surface area contributed by atoms with Crippen LogP contribution in [0.5, 0.6) is 0 Å². The monoisotopic (exact) mass is 411 g/mol. The number of nitrogens with one attached hydrogen (secondary N) is 1. The highest BCUT2D eigenvalue weighted by atomic mass is 32.2. The SMILES string of the molecule is CC(C)C(=O)OCOC(=O)N[C@@H](CSC(=O)OCO[C@@H](O)C(C)C)C(=O)O. The molecule has 0 aliphatic heterocycles. The van der Waals surface area contributed by atoms with Crippen LogP contribution in [-0.4, -0.2) is 65.2 Å². The third kappa shape index (κ3) is 12.0. The van der Waals surface area contributed by atoms with Gasteiger partial charge in [-0.1, -0.05) is 27.7 Å². The van der Waals surface area contributed by atoms with Crippen LogP contribution < -0.4 is 5.32 Å². The normalized spacial score (nSPS) is 13.0. The Morgan fingerprint density at radius 1 is 1.00 bits per heavy atom. The van der Waals surface area contributed by atoms with Gasteiger partial charge in [0.05, 0.1) is 5.92 Å². The van der Waals surface area contributed by atoms with Gasteiger partial charge in [-0.15, -0.1) is 0 Å². The summed E-state index contributed by atoms with van der Waals surface area (Å²) in [6.45, 7) is 5.42. The third-order valence-corrected chi connectivity index (χ3v) is 3.66. The van der Waals surface area contributed by atoms with E-state index in [4.69, 9.17) is 9.84 Å². The number of aliphatic carboxylic acids is 1.